The van der Waals surface area contributed by atoms with Gasteiger partial charge in [0.1, 0.15) is 27.6 Å². The van der Waals surface area contributed by atoms with Gasteiger partial charge >= 0.3 is 0 Å². The van der Waals surface area contributed by atoms with Crippen molar-refractivity contribution in [2.24, 2.45) is 0 Å². The van der Waals surface area contributed by atoms with E-state index in [4.69, 9.17) is 9.72 Å². The fourth-order valence-electron chi connectivity index (χ4n) is 4.16. The number of rotatable bonds is 8. The van der Waals surface area contributed by atoms with Crippen LogP contribution in [0.3, 0.4) is 0 Å². The third kappa shape index (κ3) is 4.67. The maximum atomic E-state index is 12.2. The van der Waals surface area contributed by atoms with Gasteiger partial charge < -0.3 is 14.4 Å². The van der Waals surface area contributed by atoms with Crippen LogP contribution in [0.15, 0.2) is 58.2 Å². The Labute approximate surface area is 210 Å². The number of aliphatic hydroxyl groups is 1. The molecule has 0 saturated heterocycles. The summed E-state index contributed by atoms with van der Waals surface area (Å²) in [5.41, 5.74) is 5.66. The van der Waals surface area contributed by atoms with Crippen LogP contribution in [0.5, 0.6) is 5.75 Å². The van der Waals surface area contributed by atoms with Crippen molar-refractivity contribution in [3.63, 3.8) is 0 Å². The number of aromatic nitrogens is 3. The number of hydrogen-bond acceptors (Lipinski definition) is 5. The Morgan fingerprint density at radius 2 is 1.91 bits per heavy atom. The van der Waals surface area contributed by atoms with Crippen molar-refractivity contribution in [3.8, 4) is 17.1 Å². The average Bonchev–Trinajstić information content (AvgIpc) is 3.21. The second-order valence-corrected chi connectivity index (χ2v) is 10.5. The number of nitrogens with zero attached hydrogens (tertiary/aromatic N) is 3. The summed E-state index contributed by atoms with van der Waals surface area (Å²) in [6, 6.07) is 14.2. The number of hydrogen-bond donors (Lipinski definition) is 1. The van der Waals surface area contributed by atoms with Crippen molar-refractivity contribution in [2.75, 3.05) is 20.0 Å². The molecule has 0 radical (unpaired) electrons. The molecule has 6 nitrogen and oxygen atoms in total. The molecule has 4 rings (SSSR count). The normalized spacial score (nSPS) is 12.4. The van der Waals surface area contributed by atoms with Crippen molar-refractivity contribution in [1.82, 2.24) is 14.5 Å². The number of ether oxygens (including phenoxy) is 1. The minimum atomic E-state index is -1.19. The Bertz CT molecular complexity index is 1350. The van der Waals surface area contributed by atoms with E-state index in [1.54, 1.807) is 19.6 Å². The van der Waals surface area contributed by atoms with Crippen molar-refractivity contribution in [2.45, 2.75) is 37.8 Å². The first-order chi connectivity index (χ1) is 16.3. The van der Waals surface area contributed by atoms with Crippen LogP contribution in [0.4, 0.5) is 0 Å². The summed E-state index contributed by atoms with van der Waals surface area (Å²) >= 11 is 3.78. The highest BCUT2D eigenvalue weighted by molar-refractivity contribution is 9.10. The number of pyridine rings is 1. The molecule has 2 aromatic heterocycles. The van der Waals surface area contributed by atoms with E-state index in [1.807, 2.05) is 22.8 Å². The molecule has 34 heavy (non-hydrogen) atoms. The summed E-state index contributed by atoms with van der Waals surface area (Å²) in [5, 5.41) is 10.4. The van der Waals surface area contributed by atoms with Crippen LogP contribution in [0, 0.1) is 0 Å². The van der Waals surface area contributed by atoms with Gasteiger partial charge in [0.25, 0.3) is 0 Å². The molecule has 0 aliphatic rings. The molecule has 1 atom stereocenters. The van der Waals surface area contributed by atoms with E-state index in [0.717, 1.165) is 38.0 Å². The van der Waals surface area contributed by atoms with Crippen LogP contribution in [0.25, 0.3) is 22.4 Å². The first kappa shape index (κ1) is 24.6. The van der Waals surface area contributed by atoms with Crippen LogP contribution >= 0.6 is 15.9 Å². The zero-order valence-electron chi connectivity index (χ0n) is 19.7. The predicted molar refractivity (Wildman–Crippen MR) is 140 cm³/mol. The number of imidazole rings is 1. The largest absolute Gasteiger partial charge is 0.494 e. The van der Waals surface area contributed by atoms with Gasteiger partial charge in [0.05, 0.1) is 24.5 Å². The van der Waals surface area contributed by atoms with Crippen molar-refractivity contribution in [3.05, 3.63) is 69.8 Å². The molecule has 8 heteroatoms. The fraction of sp³-hybridized carbons (Fsp3) is 0.308. The van der Waals surface area contributed by atoms with Gasteiger partial charge in [-0.05, 0) is 50.7 Å². The molecule has 0 saturated carbocycles. The molecule has 0 bridgehead atoms. The number of methoxy groups -OCH3 is 1. The maximum absolute atomic E-state index is 12.2. The third-order valence-electron chi connectivity index (χ3n) is 5.88. The average molecular weight is 542 g/mol. The van der Waals surface area contributed by atoms with Crippen molar-refractivity contribution >= 4 is 37.8 Å². The molecule has 2 heterocycles. The minimum absolute atomic E-state index is 0.0214. The summed E-state index contributed by atoms with van der Waals surface area (Å²) < 4.78 is 20.8. The molecule has 0 spiro atoms. The second kappa shape index (κ2) is 10.4. The summed E-state index contributed by atoms with van der Waals surface area (Å²) in [5.74, 6) is 1.88. The van der Waals surface area contributed by atoms with Crippen molar-refractivity contribution in [1.29, 1.82) is 0 Å². The number of halogens is 1. The number of benzene rings is 2. The lowest BCUT2D eigenvalue weighted by Crippen LogP contribution is -2.06. The smallest absolute Gasteiger partial charge is 0.145 e. The summed E-state index contributed by atoms with van der Waals surface area (Å²) in [6.07, 6.45) is 3.82. The van der Waals surface area contributed by atoms with E-state index in [-0.39, 0.29) is 6.61 Å². The van der Waals surface area contributed by atoms with Crippen molar-refractivity contribution < 1.29 is 14.1 Å². The summed E-state index contributed by atoms with van der Waals surface area (Å²) in [7, 11) is 0.442. The lowest BCUT2D eigenvalue weighted by Gasteiger charge is -2.14. The quantitative estimate of drug-likeness (QED) is 0.327. The topological polar surface area (TPSA) is 77.2 Å². The van der Waals surface area contributed by atoms with Gasteiger partial charge in [-0.15, -0.1) is 0 Å². The molecule has 178 valence electrons. The van der Waals surface area contributed by atoms with Crippen LogP contribution in [-0.2, 0) is 23.8 Å². The van der Waals surface area contributed by atoms with E-state index >= 15 is 0 Å². The maximum Gasteiger partial charge on any atom is 0.145 e. The lowest BCUT2D eigenvalue weighted by atomic mass is 10.0. The fourth-order valence-corrected chi connectivity index (χ4v) is 5.41. The molecule has 0 amide bonds. The highest BCUT2D eigenvalue weighted by Gasteiger charge is 2.22. The van der Waals surface area contributed by atoms with E-state index in [1.165, 1.54) is 5.56 Å². The molecular weight excluding hydrogens is 514 g/mol. The van der Waals surface area contributed by atoms with Gasteiger partial charge in [-0.1, -0.05) is 44.2 Å². The van der Waals surface area contributed by atoms with Gasteiger partial charge in [0, 0.05) is 35.5 Å². The Kier molecular flexibility index (Phi) is 7.50. The first-order valence-corrected chi connectivity index (χ1v) is 13.4. The monoisotopic (exact) mass is 541 g/mol. The third-order valence-corrected chi connectivity index (χ3v) is 7.68. The van der Waals surface area contributed by atoms with E-state index in [9.17, 15) is 9.32 Å². The SMILES string of the molecule is COc1cc(Cc2cccnc2S(C)=O)c(Br)c2nc(-c3ccc(C(C)C)cc3)n(CCO)c12. The van der Waals surface area contributed by atoms with Gasteiger partial charge in [-0.3, -0.25) is 4.21 Å². The number of fused-ring (bicyclic) bond motifs is 1. The van der Waals surface area contributed by atoms with Crippen LogP contribution < -0.4 is 4.74 Å². The molecule has 4 aromatic rings. The highest BCUT2D eigenvalue weighted by atomic mass is 79.9. The summed E-state index contributed by atoms with van der Waals surface area (Å²) in [4.78, 5) is 9.31. The zero-order chi connectivity index (χ0) is 24.4. The van der Waals surface area contributed by atoms with Gasteiger partial charge in [-0.2, -0.15) is 0 Å². The van der Waals surface area contributed by atoms with Gasteiger partial charge in [0.2, 0.25) is 0 Å². The van der Waals surface area contributed by atoms with Gasteiger partial charge in [0.15, 0.2) is 0 Å². The molecule has 0 aliphatic heterocycles. The Hall–Kier alpha value is -2.55. The molecule has 2 aromatic carbocycles. The van der Waals surface area contributed by atoms with E-state index in [0.29, 0.717) is 29.7 Å². The molecule has 1 N–H and O–H groups in total. The van der Waals surface area contributed by atoms with E-state index < -0.39 is 10.8 Å². The molecule has 0 aliphatic carbocycles. The van der Waals surface area contributed by atoms with Crippen LogP contribution in [-0.4, -0.2) is 43.8 Å². The van der Waals surface area contributed by atoms with Crippen LogP contribution in [0.1, 0.15) is 36.5 Å². The Morgan fingerprint density at radius 1 is 1.18 bits per heavy atom. The molecular formula is C26H28BrN3O3S. The Balaban J connectivity index is 1.90. The van der Waals surface area contributed by atoms with E-state index in [2.05, 4.69) is 59.0 Å². The molecule has 0 fully saturated rings. The number of aliphatic hydroxyl groups excluding tert-OH is 1. The second-order valence-electron chi connectivity index (χ2n) is 8.44. The summed E-state index contributed by atoms with van der Waals surface area (Å²) in [6.45, 7) is 4.70. The standard InChI is InChI=1S/C26H28BrN3O3S/c1-16(2)17-7-9-18(10-8-17)25-29-23-22(27)20(14-19-6-5-11-28-26(19)34(4)32)15-21(33-3)24(23)30(25)12-13-31/h5-11,15-16,31H,12-14H2,1-4H3. The zero-order valence-corrected chi connectivity index (χ0v) is 22.1. The molecule has 1 unspecified atom stereocenters. The Morgan fingerprint density at radius 3 is 2.53 bits per heavy atom. The highest BCUT2D eigenvalue weighted by Crippen LogP contribution is 2.39. The first-order valence-electron chi connectivity index (χ1n) is 11.1. The minimum Gasteiger partial charge on any atom is -0.494 e. The van der Waals surface area contributed by atoms with Gasteiger partial charge in [-0.25, -0.2) is 9.97 Å². The van der Waals surface area contributed by atoms with Crippen LogP contribution in [0.2, 0.25) is 0 Å². The lowest BCUT2D eigenvalue weighted by molar-refractivity contribution is 0.278. The predicted octanol–water partition coefficient (Wildman–Crippen LogP) is 5.31.